The van der Waals surface area contributed by atoms with Gasteiger partial charge in [0, 0.05) is 13.2 Å². The number of aryl methyl sites for hydroxylation is 1. The molecule has 1 atom stereocenters. The van der Waals surface area contributed by atoms with Crippen LogP contribution in [0.1, 0.15) is 58.9 Å². The first-order valence-corrected chi connectivity index (χ1v) is 6.12. The topological polar surface area (TPSA) is 17.8 Å². The lowest BCUT2D eigenvalue weighted by Crippen LogP contribution is -2.00. The van der Waals surface area contributed by atoms with Crippen LogP contribution in [-0.2, 0) is 7.05 Å². The molecule has 1 rings (SSSR count). The van der Waals surface area contributed by atoms with Crippen LogP contribution in [0.3, 0.4) is 0 Å². The lowest BCUT2D eigenvalue weighted by atomic mass is 9.90. The molecular weight excluding hydrogens is 184 g/mol. The van der Waals surface area contributed by atoms with Gasteiger partial charge < -0.3 is 0 Å². The molecule has 1 aromatic heterocycles. The second kappa shape index (κ2) is 7.49. The fraction of sp³-hybridized carbons (Fsp3) is 0.769. The van der Waals surface area contributed by atoms with Crippen molar-refractivity contribution in [1.29, 1.82) is 0 Å². The molecule has 0 aliphatic rings. The second-order valence-electron chi connectivity index (χ2n) is 4.18. The summed E-state index contributed by atoms with van der Waals surface area (Å²) in [5.41, 5.74) is 1.39. The van der Waals surface area contributed by atoms with Gasteiger partial charge >= 0.3 is 0 Å². The normalized spacial score (nSPS) is 12.2. The molecule has 2 heteroatoms. The fourth-order valence-electron chi connectivity index (χ4n) is 1.76. The van der Waals surface area contributed by atoms with E-state index in [1.807, 2.05) is 31.8 Å². The number of aromatic nitrogens is 2. The monoisotopic (exact) mass is 210 g/mol. The van der Waals surface area contributed by atoms with Gasteiger partial charge in [0.2, 0.25) is 0 Å². The number of hydrogen-bond donors (Lipinski definition) is 0. The maximum Gasteiger partial charge on any atom is 0.0524 e. The third-order valence-corrected chi connectivity index (χ3v) is 2.44. The maximum absolute atomic E-state index is 4.21. The van der Waals surface area contributed by atoms with Crippen molar-refractivity contribution in [3.63, 3.8) is 0 Å². The van der Waals surface area contributed by atoms with E-state index < -0.39 is 0 Å². The lowest BCUT2D eigenvalue weighted by Gasteiger charge is -2.14. The lowest BCUT2D eigenvalue weighted by molar-refractivity contribution is 0.489. The highest BCUT2D eigenvalue weighted by atomic mass is 15.2. The van der Waals surface area contributed by atoms with Crippen molar-refractivity contribution in [3.05, 3.63) is 18.0 Å². The zero-order chi connectivity index (χ0) is 11.8. The standard InChI is InChI=1S/C11H20N2.C2H6/c1-5-10(6-9(2)3)11-7-12-13(4)8-11;1-2/h7-10H,5-6H2,1-4H3;1-2H3. The first kappa shape index (κ1) is 14.2. The zero-order valence-electron chi connectivity index (χ0n) is 11.1. The first-order valence-electron chi connectivity index (χ1n) is 6.12. The molecule has 1 aromatic rings. The molecule has 1 heterocycles. The molecule has 0 spiro atoms. The Morgan fingerprint density at radius 1 is 1.33 bits per heavy atom. The summed E-state index contributed by atoms with van der Waals surface area (Å²) in [7, 11) is 1.98. The van der Waals surface area contributed by atoms with E-state index in [0.717, 1.165) is 5.92 Å². The summed E-state index contributed by atoms with van der Waals surface area (Å²) >= 11 is 0. The van der Waals surface area contributed by atoms with Crippen LogP contribution in [0, 0.1) is 5.92 Å². The van der Waals surface area contributed by atoms with Crippen molar-refractivity contribution < 1.29 is 0 Å². The van der Waals surface area contributed by atoms with Crippen LogP contribution in [0.5, 0.6) is 0 Å². The molecule has 1 unspecified atom stereocenters. The first-order chi connectivity index (χ1) is 7.13. The third kappa shape index (κ3) is 5.01. The Hall–Kier alpha value is -0.790. The van der Waals surface area contributed by atoms with Gasteiger partial charge in [-0.3, -0.25) is 4.68 Å². The van der Waals surface area contributed by atoms with Crippen LogP contribution in [0.25, 0.3) is 0 Å². The van der Waals surface area contributed by atoms with Gasteiger partial charge in [-0.2, -0.15) is 5.10 Å². The van der Waals surface area contributed by atoms with Gasteiger partial charge in [0.15, 0.2) is 0 Å². The molecule has 0 saturated heterocycles. The minimum Gasteiger partial charge on any atom is -0.276 e. The average Bonchev–Trinajstić information content (AvgIpc) is 2.64. The van der Waals surface area contributed by atoms with E-state index in [-0.39, 0.29) is 0 Å². The van der Waals surface area contributed by atoms with Crippen molar-refractivity contribution in [2.75, 3.05) is 0 Å². The predicted octanol–water partition coefficient (Wildman–Crippen LogP) is 3.99. The summed E-state index contributed by atoms with van der Waals surface area (Å²) in [5.74, 6) is 1.46. The van der Waals surface area contributed by atoms with E-state index in [9.17, 15) is 0 Å². The van der Waals surface area contributed by atoms with Crippen molar-refractivity contribution >= 4 is 0 Å². The minimum atomic E-state index is 0.689. The van der Waals surface area contributed by atoms with Gasteiger partial charge in [0.05, 0.1) is 6.20 Å². The Balaban J connectivity index is 0.000000921. The Morgan fingerprint density at radius 2 is 1.93 bits per heavy atom. The van der Waals surface area contributed by atoms with E-state index in [4.69, 9.17) is 0 Å². The van der Waals surface area contributed by atoms with Crippen molar-refractivity contribution in [2.45, 2.75) is 53.4 Å². The van der Waals surface area contributed by atoms with E-state index >= 15 is 0 Å². The summed E-state index contributed by atoms with van der Waals surface area (Å²) in [6, 6.07) is 0. The van der Waals surface area contributed by atoms with Crippen molar-refractivity contribution in [3.8, 4) is 0 Å². The Labute approximate surface area is 94.7 Å². The molecule has 0 amide bonds. The highest BCUT2D eigenvalue weighted by molar-refractivity contribution is 5.10. The molecule has 0 saturated carbocycles. The van der Waals surface area contributed by atoms with Gasteiger partial charge in [-0.25, -0.2) is 0 Å². The highest BCUT2D eigenvalue weighted by Crippen LogP contribution is 2.25. The van der Waals surface area contributed by atoms with E-state index in [0.29, 0.717) is 5.92 Å². The second-order valence-corrected chi connectivity index (χ2v) is 4.18. The molecule has 0 radical (unpaired) electrons. The Kier molecular flexibility index (Phi) is 7.10. The third-order valence-electron chi connectivity index (χ3n) is 2.44. The summed E-state index contributed by atoms with van der Waals surface area (Å²) in [6.45, 7) is 10.8. The minimum absolute atomic E-state index is 0.689. The summed E-state index contributed by atoms with van der Waals surface area (Å²) in [6.07, 6.45) is 6.61. The van der Waals surface area contributed by atoms with Gasteiger partial charge in [-0.1, -0.05) is 34.6 Å². The van der Waals surface area contributed by atoms with Crippen molar-refractivity contribution in [2.24, 2.45) is 13.0 Å². The molecule has 88 valence electrons. The molecule has 0 aliphatic carbocycles. The van der Waals surface area contributed by atoms with Gasteiger partial charge in [-0.15, -0.1) is 0 Å². The molecule has 0 aliphatic heterocycles. The Bertz CT molecular complexity index is 251. The molecule has 0 aromatic carbocycles. The number of hydrogen-bond acceptors (Lipinski definition) is 1. The van der Waals surface area contributed by atoms with E-state index in [1.165, 1.54) is 18.4 Å². The molecular formula is C13H26N2. The Morgan fingerprint density at radius 3 is 2.27 bits per heavy atom. The van der Waals surface area contributed by atoms with Crippen LogP contribution in [-0.4, -0.2) is 9.78 Å². The fourth-order valence-corrected chi connectivity index (χ4v) is 1.76. The maximum atomic E-state index is 4.21. The summed E-state index contributed by atoms with van der Waals surface area (Å²) in [5, 5.41) is 4.21. The van der Waals surface area contributed by atoms with E-state index in [1.54, 1.807) is 0 Å². The van der Waals surface area contributed by atoms with Gasteiger partial charge in [0.1, 0.15) is 0 Å². The van der Waals surface area contributed by atoms with E-state index in [2.05, 4.69) is 32.1 Å². The van der Waals surface area contributed by atoms with Crippen LogP contribution < -0.4 is 0 Å². The van der Waals surface area contributed by atoms with Gasteiger partial charge in [0.25, 0.3) is 0 Å². The van der Waals surface area contributed by atoms with Crippen molar-refractivity contribution in [1.82, 2.24) is 9.78 Å². The molecule has 0 N–H and O–H groups in total. The SMILES string of the molecule is CC.CCC(CC(C)C)c1cnn(C)c1. The quantitative estimate of drug-likeness (QED) is 0.735. The number of nitrogens with zero attached hydrogens (tertiary/aromatic N) is 2. The van der Waals surface area contributed by atoms with Gasteiger partial charge in [-0.05, 0) is 30.2 Å². The highest BCUT2D eigenvalue weighted by Gasteiger charge is 2.12. The van der Waals surface area contributed by atoms with Crippen LogP contribution in [0.15, 0.2) is 12.4 Å². The van der Waals surface area contributed by atoms with Crippen LogP contribution in [0.2, 0.25) is 0 Å². The molecule has 0 bridgehead atoms. The predicted molar refractivity (Wildman–Crippen MR) is 67.0 cm³/mol. The smallest absolute Gasteiger partial charge is 0.0524 e. The largest absolute Gasteiger partial charge is 0.276 e. The number of rotatable bonds is 4. The molecule has 2 nitrogen and oxygen atoms in total. The average molecular weight is 210 g/mol. The van der Waals surface area contributed by atoms with Crippen LogP contribution in [0.4, 0.5) is 0 Å². The summed E-state index contributed by atoms with van der Waals surface area (Å²) < 4.78 is 1.89. The zero-order valence-corrected chi connectivity index (χ0v) is 11.1. The molecule has 0 fully saturated rings. The summed E-state index contributed by atoms with van der Waals surface area (Å²) in [4.78, 5) is 0. The van der Waals surface area contributed by atoms with Crippen LogP contribution >= 0.6 is 0 Å². The molecule has 15 heavy (non-hydrogen) atoms.